The van der Waals surface area contributed by atoms with Crippen LogP contribution in [0.15, 0.2) is 46.9 Å². The zero-order chi connectivity index (χ0) is 15.5. The Morgan fingerprint density at radius 3 is 2.33 bits per heavy atom. The first-order valence-electron chi connectivity index (χ1n) is 6.74. The van der Waals surface area contributed by atoms with E-state index in [1.54, 1.807) is 0 Å². The number of hydrogen-bond donors (Lipinski definition) is 2. The van der Waals surface area contributed by atoms with Gasteiger partial charge in [0.2, 0.25) is 0 Å². The van der Waals surface area contributed by atoms with Crippen LogP contribution in [0.2, 0.25) is 5.02 Å². The smallest absolute Gasteiger partial charge is 0.0553 e. The van der Waals surface area contributed by atoms with E-state index in [-0.39, 0.29) is 13.2 Å². The van der Waals surface area contributed by atoms with Gasteiger partial charge in [-0.15, -0.1) is 0 Å². The standard InChI is InChI=1S/C17H18BrClO2/c1-12-4-2-3-5-15(12)17(10-20,11-21)9-13-6-7-14(18)8-16(13)19/h2-8,20-21H,9-11H2,1H3. The van der Waals surface area contributed by atoms with Gasteiger partial charge in [-0.25, -0.2) is 0 Å². The predicted octanol–water partition coefficient (Wildman–Crippen LogP) is 3.88. The van der Waals surface area contributed by atoms with E-state index in [4.69, 9.17) is 11.6 Å². The van der Waals surface area contributed by atoms with Crippen LogP contribution in [-0.4, -0.2) is 23.4 Å². The van der Waals surface area contributed by atoms with Gasteiger partial charge in [0.15, 0.2) is 0 Å². The lowest BCUT2D eigenvalue weighted by Gasteiger charge is -2.32. The number of aliphatic hydroxyl groups is 2. The molecule has 2 aromatic rings. The van der Waals surface area contributed by atoms with E-state index in [0.717, 1.165) is 21.2 Å². The van der Waals surface area contributed by atoms with Crippen LogP contribution in [0.5, 0.6) is 0 Å². The second kappa shape index (κ2) is 6.93. The Kier molecular flexibility index (Phi) is 5.44. The quantitative estimate of drug-likeness (QED) is 0.840. The van der Waals surface area contributed by atoms with E-state index in [1.807, 2.05) is 49.4 Å². The summed E-state index contributed by atoms with van der Waals surface area (Å²) >= 11 is 9.67. The molecule has 0 bridgehead atoms. The number of halogens is 2. The first-order valence-corrected chi connectivity index (χ1v) is 7.91. The highest BCUT2D eigenvalue weighted by molar-refractivity contribution is 9.10. The summed E-state index contributed by atoms with van der Waals surface area (Å²) in [5, 5.41) is 20.5. The molecule has 21 heavy (non-hydrogen) atoms. The van der Waals surface area contributed by atoms with Crippen LogP contribution < -0.4 is 0 Å². The molecule has 0 spiro atoms. The molecule has 0 saturated heterocycles. The Labute approximate surface area is 138 Å². The normalized spacial score (nSPS) is 11.7. The van der Waals surface area contributed by atoms with E-state index < -0.39 is 5.41 Å². The SMILES string of the molecule is Cc1ccccc1C(CO)(CO)Cc1ccc(Br)cc1Cl. The maximum absolute atomic E-state index is 9.95. The van der Waals surface area contributed by atoms with Crippen molar-refractivity contribution in [2.24, 2.45) is 0 Å². The van der Waals surface area contributed by atoms with Crippen molar-refractivity contribution in [1.82, 2.24) is 0 Å². The minimum Gasteiger partial charge on any atom is -0.395 e. The van der Waals surface area contributed by atoms with E-state index in [0.29, 0.717) is 11.4 Å². The van der Waals surface area contributed by atoms with Crippen LogP contribution in [0.1, 0.15) is 16.7 Å². The summed E-state index contributed by atoms with van der Waals surface area (Å²) in [6.07, 6.45) is 0.483. The van der Waals surface area contributed by atoms with Crippen LogP contribution in [0.4, 0.5) is 0 Å². The molecule has 2 N–H and O–H groups in total. The van der Waals surface area contributed by atoms with Crippen molar-refractivity contribution in [3.8, 4) is 0 Å². The van der Waals surface area contributed by atoms with Gasteiger partial charge in [-0.05, 0) is 42.2 Å². The van der Waals surface area contributed by atoms with E-state index in [2.05, 4.69) is 15.9 Å². The first-order chi connectivity index (χ1) is 10.0. The Morgan fingerprint density at radius 1 is 1.10 bits per heavy atom. The van der Waals surface area contributed by atoms with E-state index >= 15 is 0 Å². The third-order valence-electron chi connectivity index (χ3n) is 3.87. The number of rotatable bonds is 5. The molecule has 0 aromatic heterocycles. The summed E-state index contributed by atoms with van der Waals surface area (Å²) in [4.78, 5) is 0. The zero-order valence-corrected chi connectivity index (χ0v) is 14.2. The maximum atomic E-state index is 9.95. The van der Waals surface area contributed by atoms with Crippen molar-refractivity contribution < 1.29 is 10.2 Å². The fourth-order valence-corrected chi connectivity index (χ4v) is 3.37. The number of benzene rings is 2. The second-order valence-electron chi connectivity index (χ2n) is 5.32. The van der Waals surface area contributed by atoms with E-state index in [1.165, 1.54) is 0 Å². The average Bonchev–Trinajstić information content (AvgIpc) is 2.48. The minimum absolute atomic E-state index is 0.138. The third kappa shape index (κ3) is 3.49. The van der Waals surface area contributed by atoms with Crippen molar-refractivity contribution in [1.29, 1.82) is 0 Å². The van der Waals surface area contributed by atoms with Gasteiger partial charge >= 0.3 is 0 Å². The van der Waals surface area contributed by atoms with Crippen molar-refractivity contribution in [2.75, 3.05) is 13.2 Å². The number of hydrogen-bond acceptors (Lipinski definition) is 2. The fourth-order valence-electron chi connectivity index (χ4n) is 2.62. The molecule has 0 aliphatic rings. The lowest BCUT2D eigenvalue weighted by atomic mass is 9.75. The van der Waals surface area contributed by atoms with Gasteiger partial charge < -0.3 is 10.2 Å². The summed E-state index contributed by atoms with van der Waals surface area (Å²) in [5.41, 5.74) is 2.18. The lowest BCUT2D eigenvalue weighted by Crippen LogP contribution is -2.38. The molecular weight excluding hydrogens is 352 g/mol. The van der Waals surface area contributed by atoms with Gasteiger partial charge in [-0.3, -0.25) is 0 Å². The van der Waals surface area contributed by atoms with Gasteiger partial charge in [0, 0.05) is 14.9 Å². The lowest BCUT2D eigenvalue weighted by molar-refractivity contribution is 0.116. The van der Waals surface area contributed by atoms with Crippen LogP contribution in [0.3, 0.4) is 0 Å². The van der Waals surface area contributed by atoms with Crippen LogP contribution in [0.25, 0.3) is 0 Å². The average molecular weight is 370 g/mol. The largest absolute Gasteiger partial charge is 0.395 e. The molecule has 4 heteroatoms. The van der Waals surface area contributed by atoms with Gasteiger partial charge in [0.25, 0.3) is 0 Å². The van der Waals surface area contributed by atoms with Crippen molar-refractivity contribution in [3.63, 3.8) is 0 Å². The number of aryl methyl sites for hydroxylation is 1. The highest BCUT2D eigenvalue weighted by atomic mass is 79.9. The molecule has 112 valence electrons. The predicted molar refractivity (Wildman–Crippen MR) is 89.9 cm³/mol. The molecule has 0 fully saturated rings. The minimum atomic E-state index is -0.733. The van der Waals surface area contributed by atoms with Crippen LogP contribution >= 0.6 is 27.5 Å². The summed E-state index contributed by atoms with van der Waals surface area (Å²) in [6.45, 7) is 1.71. The fraction of sp³-hybridized carbons (Fsp3) is 0.294. The Hall–Kier alpha value is -0.870. The van der Waals surface area contributed by atoms with E-state index in [9.17, 15) is 10.2 Å². The Morgan fingerprint density at radius 2 is 1.76 bits per heavy atom. The molecule has 0 aliphatic heterocycles. The highest BCUT2D eigenvalue weighted by Gasteiger charge is 2.33. The van der Waals surface area contributed by atoms with Crippen molar-refractivity contribution in [2.45, 2.75) is 18.8 Å². The molecular formula is C17H18BrClO2. The van der Waals surface area contributed by atoms with Gasteiger partial charge in [0.1, 0.15) is 0 Å². The molecule has 0 amide bonds. The van der Waals surface area contributed by atoms with Crippen molar-refractivity contribution >= 4 is 27.5 Å². The topological polar surface area (TPSA) is 40.5 Å². The first kappa shape index (κ1) is 16.5. The summed E-state index contributed by atoms with van der Waals surface area (Å²) < 4.78 is 0.908. The van der Waals surface area contributed by atoms with Gasteiger partial charge in [0.05, 0.1) is 13.2 Å². The second-order valence-corrected chi connectivity index (χ2v) is 6.65. The van der Waals surface area contributed by atoms with Crippen LogP contribution in [0, 0.1) is 6.92 Å². The Bertz CT molecular complexity index is 624. The van der Waals surface area contributed by atoms with Gasteiger partial charge in [-0.1, -0.05) is 57.9 Å². The highest BCUT2D eigenvalue weighted by Crippen LogP contribution is 2.33. The molecule has 2 aromatic carbocycles. The molecule has 2 nitrogen and oxygen atoms in total. The summed E-state index contributed by atoms with van der Waals surface area (Å²) in [6, 6.07) is 13.5. The number of aliphatic hydroxyl groups excluding tert-OH is 2. The summed E-state index contributed by atoms with van der Waals surface area (Å²) in [7, 11) is 0. The Balaban J connectivity index is 2.46. The molecule has 0 heterocycles. The third-order valence-corrected chi connectivity index (χ3v) is 4.71. The summed E-state index contributed by atoms with van der Waals surface area (Å²) in [5.74, 6) is 0. The van der Waals surface area contributed by atoms with Crippen LogP contribution in [-0.2, 0) is 11.8 Å². The maximum Gasteiger partial charge on any atom is 0.0553 e. The molecule has 0 saturated carbocycles. The van der Waals surface area contributed by atoms with Crippen molar-refractivity contribution in [3.05, 3.63) is 68.7 Å². The monoisotopic (exact) mass is 368 g/mol. The molecule has 0 atom stereocenters. The molecule has 2 rings (SSSR count). The molecule has 0 aliphatic carbocycles. The molecule has 0 radical (unpaired) electrons. The van der Waals surface area contributed by atoms with Gasteiger partial charge in [-0.2, -0.15) is 0 Å². The zero-order valence-electron chi connectivity index (χ0n) is 11.8. The molecule has 0 unspecified atom stereocenters.